The van der Waals surface area contributed by atoms with Crippen molar-refractivity contribution in [2.24, 2.45) is 0 Å². The van der Waals surface area contributed by atoms with Gasteiger partial charge >= 0.3 is 0 Å². The second-order valence-corrected chi connectivity index (χ2v) is 3.33. The summed E-state index contributed by atoms with van der Waals surface area (Å²) in [6.45, 7) is 4.96. The highest BCUT2D eigenvalue weighted by Gasteiger charge is 2.09. The second-order valence-electron chi connectivity index (χ2n) is 2.93. The van der Waals surface area contributed by atoms with E-state index in [1.165, 1.54) is 0 Å². The van der Waals surface area contributed by atoms with Gasteiger partial charge in [0.15, 0.2) is 0 Å². The van der Waals surface area contributed by atoms with Gasteiger partial charge in [-0.05, 0) is 4.83 Å². The van der Waals surface area contributed by atoms with Crippen LogP contribution in [0, 0.1) is 10.8 Å². The van der Waals surface area contributed by atoms with Crippen molar-refractivity contribution in [3.05, 3.63) is 0 Å². The largest absolute Gasteiger partial charge is 0.379 e. The lowest BCUT2D eigenvalue weighted by molar-refractivity contribution is -0.115. The number of hydrogen-bond donors (Lipinski definition) is 1. The average molecular weight is 261 g/mol. The number of carbonyl (C=O) groups excluding carboxylic acids is 1. The summed E-state index contributed by atoms with van der Waals surface area (Å²) in [5, 5.41) is 2.71. The first-order valence-electron chi connectivity index (χ1n) is 4.52. The number of rotatable bonds is 3. The molecule has 78 valence electrons. The molecule has 5 heteroatoms. The molecular formula is C9H13BrN2O2. The Labute approximate surface area is 92.1 Å². The van der Waals surface area contributed by atoms with E-state index in [1.807, 2.05) is 0 Å². The van der Waals surface area contributed by atoms with E-state index in [9.17, 15) is 4.79 Å². The fourth-order valence-electron chi connectivity index (χ4n) is 1.24. The number of ether oxygens (including phenoxy) is 1. The first-order valence-corrected chi connectivity index (χ1v) is 5.32. The highest BCUT2D eigenvalue weighted by Crippen LogP contribution is 1.94. The summed E-state index contributed by atoms with van der Waals surface area (Å²) in [4.78, 5) is 15.6. The summed E-state index contributed by atoms with van der Waals surface area (Å²) in [5.74, 6) is 2.12. The molecule has 0 saturated carbocycles. The lowest BCUT2D eigenvalue weighted by Gasteiger charge is -2.26. The molecule has 0 aromatic carbocycles. The van der Waals surface area contributed by atoms with E-state index in [2.05, 4.69) is 36.9 Å². The zero-order chi connectivity index (χ0) is 10.2. The summed E-state index contributed by atoms with van der Waals surface area (Å²) >= 11 is 2.87. The molecule has 1 aliphatic heterocycles. The first-order chi connectivity index (χ1) is 6.83. The topological polar surface area (TPSA) is 41.6 Å². The van der Waals surface area contributed by atoms with Crippen molar-refractivity contribution in [1.29, 1.82) is 0 Å². The maximum atomic E-state index is 10.9. The van der Waals surface area contributed by atoms with Crippen molar-refractivity contribution in [3.8, 4) is 10.8 Å². The van der Waals surface area contributed by atoms with Crippen LogP contribution in [0.1, 0.15) is 0 Å². The molecular weight excluding hydrogens is 248 g/mol. The van der Waals surface area contributed by atoms with Crippen LogP contribution in [0.2, 0.25) is 0 Å². The van der Waals surface area contributed by atoms with E-state index in [0.717, 1.165) is 32.8 Å². The lowest BCUT2D eigenvalue weighted by atomic mass is 10.4. The third kappa shape index (κ3) is 4.61. The standard InChI is InChI=1S/C9H13BrN2O2/c10-2-1-9(13)11-3-4-12-5-7-14-8-6-12/h3-8H2,(H,11,13). The van der Waals surface area contributed by atoms with Gasteiger partial charge in [0, 0.05) is 48.0 Å². The molecule has 0 radical (unpaired) electrons. The lowest BCUT2D eigenvalue weighted by Crippen LogP contribution is -2.41. The van der Waals surface area contributed by atoms with Crippen LogP contribution in [-0.4, -0.2) is 50.2 Å². The van der Waals surface area contributed by atoms with Crippen molar-refractivity contribution in [2.45, 2.75) is 0 Å². The predicted molar refractivity (Wildman–Crippen MR) is 57.0 cm³/mol. The van der Waals surface area contributed by atoms with E-state index in [1.54, 1.807) is 0 Å². The zero-order valence-corrected chi connectivity index (χ0v) is 9.47. The molecule has 4 nitrogen and oxygen atoms in total. The predicted octanol–water partition coefficient (Wildman–Crippen LogP) is -0.209. The maximum absolute atomic E-state index is 10.9. The second kappa shape index (κ2) is 6.82. The first kappa shape index (κ1) is 11.5. The van der Waals surface area contributed by atoms with Crippen LogP contribution >= 0.6 is 15.9 Å². The molecule has 0 spiro atoms. The molecule has 0 unspecified atom stereocenters. The Morgan fingerprint density at radius 3 is 2.86 bits per heavy atom. The van der Waals surface area contributed by atoms with E-state index in [-0.39, 0.29) is 5.91 Å². The SMILES string of the molecule is O=C(C#CBr)NCCN1CCOCC1. The van der Waals surface area contributed by atoms with Crippen molar-refractivity contribution in [2.75, 3.05) is 39.4 Å². The minimum absolute atomic E-state index is 0.241. The number of nitrogens with zero attached hydrogens (tertiary/aromatic N) is 1. The molecule has 0 aromatic rings. The van der Waals surface area contributed by atoms with Gasteiger partial charge in [-0.15, -0.1) is 0 Å². The molecule has 0 bridgehead atoms. The quantitative estimate of drug-likeness (QED) is 0.715. The Kier molecular flexibility index (Phi) is 5.60. The summed E-state index contributed by atoms with van der Waals surface area (Å²) in [6, 6.07) is 0. The Hall–Kier alpha value is -0.570. The smallest absolute Gasteiger partial charge is 0.296 e. The third-order valence-electron chi connectivity index (χ3n) is 1.98. The number of hydrogen-bond acceptors (Lipinski definition) is 3. The van der Waals surface area contributed by atoms with Crippen molar-refractivity contribution >= 4 is 21.8 Å². The van der Waals surface area contributed by atoms with Gasteiger partial charge in [0.2, 0.25) is 0 Å². The van der Waals surface area contributed by atoms with Gasteiger partial charge in [0.25, 0.3) is 5.91 Å². The minimum atomic E-state index is -0.241. The van der Waals surface area contributed by atoms with Crippen LogP contribution in [0.25, 0.3) is 0 Å². The summed E-state index contributed by atoms with van der Waals surface area (Å²) in [5.41, 5.74) is 0. The minimum Gasteiger partial charge on any atom is -0.379 e. The monoisotopic (exact) mass is 260 g/mol. The summed E-state index contributed by atoms with van der Waals surface area (Å²) in [7, 11) is 0. The Balaban J connectivity index is 2.07. The molecule has 1 aliphatic rings. The molecule has 1 rings (SSSR count). The molecule has 0 aromatic heterocycles. The van der Waals surface area contributed by atoms with E-state index in [0.29, 0.717) is 6.54 Å². The molecule has 1 N–H and O–H groups in total. The van der Waals surface area contributed by atoms with Crippen LogP contribution < -0.4 is 5.32 Å². The van der Waals surface area contributed by atoms with Gasteiger partial charge in [-0.25, -0.2) is 0 Å². The normalized spacial score (nSPS) is 16.9. The molecule has 1 heterocycles. The van der Waals surface area contributed by atoms with E-state index in [4.69, 9.17) is 4.74 Å². The number of amides is 1. The molecule has 1 fully saturated rings. The zero-order valence-electron chi connectivity index (χ0n) is 7.88. The number of halogens is 1. The van der Waals surface area contributed by atoms with Crippen LogP contribution in [0.3, 0.4) is 0 Å². The Morgan fingerprint density at radius 2 is 2.21 bits per heavy atom. The molecule has 1 amide bonds. The van der Waals surface area contributed by atoms with Gasteiger partial charge in [-0.3, -0.25) is 9.69 Å². The average Bonchev–Trinajstić information content (AvgIpc) is 2.20. The molecule has 0 aliphatic carbocycles. The number of nitrogens with one attached hydrogen (secondary N) is 1. The van der Waals surface area contributed by atoms with Crippen LogP contribution in [0.15, 0.2) is 0 Å². The van der Waals surface area contributed by atoms with Crippen LogP contribution in [0.4, 0.5) is 0 Å². The third-order valence-corrected chi connectivity index (χ3v) is 2.18. The summed E-state index contributed by atoms with van der Waals surface area (Å²) in [6.07, 6.45) is 0. The maximum Gasteiger partial charge on any atom is 0.296 e. The summed E-state index contributed by atoms with van der Waals surface area (Å²) < 4.78 is 5.21. The van der Waals surface area contributed by atoms with Gasteiger partial charge in [0.05, 0.1) is 13.2 Å². The molecule has 14 heavy (non-hydrogen) atoms. The number of morpholine rings is 1. The van der Waals surface area contributed by atoms with Crippen molar-refractivity contribution in [3.63, 3.8) is 0 Å². The highest BCUT2D eigenvalue weighted by atomic mass is 79.9. The van der Waals surface area contributed by atoms with E-state index < -0.39 is 0 Å². The van der Waals surface area contributed by atoms with Gasteiger partial charge < -0.3 is 10.1 Å². The van der Waals surface area contributed by atoms with Crippen molar-refractivity contribution < 1.29 is 9.53 Å². The van der Waals surface area contributed by atoms with Crippen molar-refractivity contribution in [1.82, 2.24) is 10.2 Å². The highest BCUT2D eigenvalue weighted by molar-refractivity contribution is 9.12. The van der Waals surface area contributed by atoms with E-state index >= 15 is 0 Å². The van der Waals surface area contributed by atoms with Gasteiger partial charge in [-0.2, -0.15) is 0 Å². The fourth-order valence-corrected chi connectivity index (χ4v) is 1.42. The Bertz CT molecular complexity index is 241. The Morgan fingerprint density at radius 1 is 1.50 bits per heavy atom. The number of carbonyl (C=O) groups is 1. The van der Waals surface area contributed by atoms with Gasteiger partial charge in [0.1, 0.15) is 0 Å². The van der Waals surface area contributed by atoms with Crippen LogP contribution in [-0.2, 0) is 9.53 Å². The van der Waals surface area contributed by atoms with Crippen LogP contribution in [0.5, 0.6) is 0 Å². The molecule has 1 saturated heterocycles. The fraction of sp³-hybridized carbons (Fsp3) is 0.667. The molecule has 0 atom stereocenters. The van der Waals surface area contributed by atoms with Gasteiger partial charge in [-0.1, -0.05) is 0 Å².